The number of hydrogen-bond acceptors (Lipinski definition) is 2. The van der Waals surface area contributed by atoms with Gasteiger partial charge in [-0.15, -0.1) is 0 Å². The maximum Gasteiger partial charge on any atom is 0.0329 e. The van der Waals surface area contributed by atoms with Crippen LogP contribution in [0.15, 0.2) is 18.2 Å². The van der Waals surface area contributed by atoms with E-state index in [1.54, 1.807) is 0 Å². The SMILES string of the molecule is CNC(CCN1CC(C)CC1C)c1cc(C)cc(C)c1. The van der Waals surface area contributed by atoms with Crippen LogP contribution in [0.25, 0.3) is 0 Å². The topological polar surface area (TPSA) is 15.3 Å². The van der Waals surface area contributed by atoms with Gasteiger partial charge in [0.25, 0.3) is 0 Å². The van der Waals surface area contributed by atoms with Crippen molar-refractivity contribution < 1.29 is 0 Å². The average molecular weight is 274 g/mol. The Kier molecular flexibility index (Phi) is 5.22. The lowest BCUT2D eigenvalue weighted by Crippen LogP contribution is -2.31. The largest absolute Gasteiger partial charge is 0.313 e. The normalized spacial score (nSPS) is 25.1. The van der Waals surface area contributed by atoms with Gasteiger partial charge in [0.15, 0.2) is 0 Å². The molecule has 0 amide bonds. The van der Waals surface area contributed by atoms with E-state index in [1.807, 2.05) is 0 Å². The lowest BCUT2D eigenvalue weighted by Gasteiger charge is -2.25. The number of nitrogens with zero attached hydrogens (tertiary/aromatic N) is 1. The molecule has 0 bridgehead atoms. The predicted octanol–water partition coefficient (Wildman–Crippen LogP) is 3.68. The van der Waals surface area contributed by atoms with E-state index < -0.39 is 0 Å². The first-order chi connectivity index (χ1) is 9.49. The Balaban J connectivity index is 1.98. The third kappa shape index (κ3) is 3.83. The van der Waals surface area contributed by atoms with Gasteiger partial charge in [0.05, 0.1) is 0 Å². The Bertz CT molecular complexity index is 421. The number of nitrogens with one attached hydrogen (secondary N) is 1. The molecule has 2 rings (SSSR count). The fraction of sp³-hybridized carbons (Fsp3) is 0.667. The van der Waals surface area contributed by atoms with E-state index in [4.69, 9.17) is 0 Å². The molecule has 0 aromatic heterocycles. The van der Waals surface area contributed by atoms with Crippen molar-refractivity contribution in [1.29, 1.82) is 0 Å². The van der Waals surface area contributed by atoms with Crippen molar-refractivity contribution in [3.05, 3.63) is 34.9 Å². The predicted molar refractivity (Wildman–Crippen MR) is 87.1 cm³/mol. The molecule has 0 saturated carbocycles. The third-order valence-electron chi connectivity index (χ3n) is 4.61. The second kappa shape index (κ2) is 6.73. The van der Waals surface area contributed by atoms with Crippen molar-refractivity contribution in [3.63, 3.8) is 0 Å². The summed E-state index contributed by atoms with van der Waals surface area (Å²) in [5, 5.41) is 3.50. The maximum absolute atomic E-state index is 3.50. The van der Waals surface area contributed by atoms with Crippen LogP contribution < -0.4 is 5.32 Å². The molecule has 1 fully saturated rings. The molecular formula is C18H30N2. The molecule has 1 saturated heterocycles. The number of likely N-dealkylation sites (tertiary alicyclic amines) is 1. The minimum Gasteiger partial charge on any atom is -0.313 e. The molecule has 3 unspecified atom stereocenters. The minimum atomic E-state index is 0.469. The molecule has 1 N–H and O–H groups in total. The Morgan fingerprint density at radius 3 is 2.35 bits per heavy atom. The lowest BCUT2D eigenvalue weighted by molar-refractivity contribution is 0.250. The van der Waals surface area contributed by atoms with Crippen LogP contribution in [-0.2, 0) is 0 Å². The van der Waals surface area contributed by atoms with Gasteiger partial charge in [0.2, 0.25) is 0 Å². The van der Waals surface area contributed by atoms with Crippen LogP contribution in [0.2, 0.25) is 0 Å². The zero-order valence-corrected chi connectivity index (χ0v) is 13.7. The molecule has 0 spiro atoms. The summed E-state index contributed by atoms with van der Waals surface area (Å²) in [7, 11) is 2.08. The smallest absolute Gasteiger partial charge is 0.0329 e. The molecule has 2 nitrogen and oxygen atoms in total. The Morgan fingerprint density at radius 2 is 1.85 bits per heavy atom. The van der Waals surface area contributed by atoms with Crippen molar-refractivity contribution in [2.45, 2.75) is 52.6 Å². The first-order valence-electron chi connectivity index (χ1n) is 7.99. The first-order valence-corrected chi connectivity index (χ1v) is 7.99. The second-order valence-electron chi connectivity index (χ2n) is 6.74. The highest BCUT2D eigenvalue weighted by Gasteiger charge is 2.26. The van der Waals surface area contributed by atoms with E-state index in [0.717, 1.165) is 12.0 Å². The van der Waals surface area contributed by atoms with Crippen LogP contribution in [0.5, 0.6) is 0 Å². The van der Waals surface area contributed by atoms with Crippen LogP contribution in [-0.4, -0.2) is 31.1 Å². The zero-order chi connectivity index (χ0) is 14.7. The third-order valence-corrected chi connectivity index (χ3v) is 4.61. The number of benzene rings is 1. The van der Waals surface area contributed by atoms with E-state index in [9.17, 15) is 0 Å². The van der Waals surface area contributed by atoms with Gasteiger partial charge in [-0.25, -0.2) is 0 Å². The van der Waals surface area contributed by atoms with E-state index in [0.29, 0.717) is 6.04 Å². The summed E-state index contributed by atoms with van der Waals surface area (Å²) >= 11 is 0. The van der Waals surface area contributed by atoms with Gasteiger partial charge in [-0.1, -0.05) is 36.2 Å². The van der Waals surface area contributed by atoms with Gasteiger partial charge in [-0.3, -0.25) is 0 Å². The van der Waals surface area contributed by atoms with Gasteiger partial charge in [-0.2, -0.15) is 0 Å². The molecule has 1 heterocycles. The monoisotopic (exact) mass is 274 g/mol. The van der Waals surface area contributed by atoms with Crippen molar-refractivity contribution in [2.75, 3.05) is 20.1 Å². The standard InChI is InChI=1S/C18H30N2/c1-13-8-14(2)11-17(10-13)18(19-5)6-7-20-12-15(3)9-16(20)4/h8,10-11,15-16,18-19H,6-7,9,12H2,1-5H3. The summed E-state index contributed by atoms with van der Waals surface area (Å²) in [5.74, 6) is 0.860. The molecule has 1 aromatic carbocycles. The summed E-state index contributed by atoms with van der Waals surface area (Å²) in [6.45, 7) is 11.6. The van der Waals surface area contributed by atoms with Crippen molar-refractivity contribution >= 4 is 0 Å². The van der Waals surface area contributed by atoms with E-state index in [2.05, 4.69) is 63.2 Å². The second-order valence-corrected chi connectivity index (χ2v) is 6.74. The average Bonchev–Trinajstić information content (AvgIpc) is 2.67. The highest BCUT2D eigenvalue weighted by Crippen LogP contribution is 2.25. The summed E-state index contributed by atoms with van der Waals surface area (Å²) in [5.41, 5.74) is 4.16. The van der Waals surface area contributed by atoms with E-state index in [-0.39, 0.29) is 0 Å². The molecular weight excluding hydrogens is 244 g/mol. The highest BCUT2D eigenvalue weighted by molar-refractivity contribution is 5.30. The molecule has 1 aromatic rings. The van der Waals surface area contributed by atoms with Gasteiger partial charge in [0.1, 0.15) is 0 Å². The fourth-order valence-corrected chi connectivity index (χ4v) is 3.68. The van der Waals surface area contributed by atoms with Crippen LogP contribution >= 0.6 is 0 Å². The summed E-state index contributed by atoms with van der Waals surface area (Å²) in [6, 6.07) is 8.12. The molecule has 1 aliphatic heterocycles. The minimum absolute atomic E-state index is 0.469. The maximum atomic E-state index is 3.50. The Morgan fingerprint density at radius 1 is 1.20 bits per heavy atom. The molecule has 1 aliphatic rings. The van der Waals surface area contributed by atoms with Crippen molar-refractivity contribution in [3.8, 4) is 0 Å². The number of aryl methyl sites for hydroxylation is 2. The lowest BCUT2D eigenvalue weighted by atomic mass is 9.99. The van der Waals surface area contributed by atoms with Crippen LogP contribution in [0.4, 0.5) is 0 Å². The molecule has 112 valence electrons. The van der Waals surface area contributed by atoms with Crippen molar-refractivity contribution in [2.24, 2.45) is 5.92 Å². The van der Waals surface area contributed by atoms with E-state index >= 15 is 0 Å². The molecule has 3 atom stereocenters. The fourth-order valence-electron chi connectivity index (χ4n) is 3.68. The Labute approximate surface area is 124 Å². The summed E-state index contributed by atoms with van der Waals surface area (Å²) in [6.07, 6.45) is 2.55. The molecule has 0 radical (unpaired) electrons. The highest BCUT2D eigenvalue weighted by atomic mass is 15.2. The summed E-state index contributed by atoms with van der Waals surface area (Å²) < 4.78 is 0. The Hall–Kier alpha value is -0.860. The van der Waals surface area contributed by atoms with E-state index in [1.165, 1.54) is 42.6 Å². The zero-order valence-electron chi connectivity index (χ0n) is 13.7. The first kappa shape index (κ1) is 15.5. The van der Waals surface area contributed by atoms with Crippen molar-refractivity contribution in [1.82, 2.24) is 10.2 Å². The van der Waals surface area contributed by atoms with Crippen LogP contribution in [0, 0.1) is 19.8 Å². The molecule has 2 heteroatoms. The number of rotatable bonds is 5. The van der Waals surface area contributed by atoms with Gasteiger partial charge >= 0.3 is 0 Å². The van der Waals surface area contributed by atoms with Gasteiger partial charge in [-0.05, 0) is 52.1 Å². The van der Waals surface area contributed by atoms with Gasteiger partial charge < -0.3 is 10.2 Å². The molecule has 0 aliphatic carbocycles. The van der Waals surface area contributed by atoms with Crippen LogP contribution in [0.3, 0.4) is 0 Å². The van der Waals surface area contributed by atoms with Crippen LogP contribution in [0.1, 0.15) is 49.4 Å². The molecule has 20 heavy (non-hydrogen) atoms. The number of hydrogen-bond donors (Lipinski definition) is 1. The summed E-state index contributed by atoms with van der Waals surface area (Å²) in [4.78, 5) is 2.65. The quantitative estimate of drug-likeness (QED) is 0.881. The van der Waals surface area contributed by atoms with Gasteiger partial charge in [0, 0.05) is 25.2 Å².